The maximum absolute atomic E-state index is 11.1. The second-order valence-corrected chi connectivity index (χ2v) is 3.87. The third-order valence-corrected chi connectivity index (χ3v) is 2.74. The lowest BCUT2D eigenvalue weighted by atomic mass is 10.2. The van der Waals surface area contributed by atoms with E-state index in [4.69, 9.17) is 13.9 Å². The Labute approximate surface area is 102 Å². The standard InChI is InChI=1S/C13H9NO4/c1-7-8(5-6-17-7)12-14-11-9(13(15)16)3-2-4-10(11)18-12/h2-6H,1H3,(H,15,16). The molecule has 0 amide bonds. The Morgan fingerprint density at radius 1 is 1.33 bits per heavy atom. The molecule has 0 saturated carbocycles. The van der Waals surface area contributed by atoms with E-state index in [2.05, 4.69) is 4.98 Å². The Hall–Kier alpha value is -2.56. The predicted octanol–water partition coefficient (Wildman–Crippen LogP) is 3.09. The number of furan rings is 1. The van der Waals surface area contributed by atoms with Crippen LogP contribution in [0.2, 0.25) is 0 Å². The van der Waals surface area contributed by atoms with E-state index in [-0.39, 0.29) is 5.56 Å². The largest absolute Gasteiger partial charge is 0.478 e. The van der Waals surface area contributed by atoms with Crippen molar-refractivity contribution in [2.75, 3.05) is 0 Å². The van der Waals surface area contributed by atoms with Crippen molar-refractivity contribution in [1.29, 1.82) is 0 Å². The van der Waals surface area contributed by atoms with Crippen LogP contribution in [0.25, 0.3) is 22.6 Å². The summed E-state index contributed by atoms with van der Waals surface area (Å²) in [6.45, 7) is 1.79. The molecule has 90 valence electrons. The van der Waals surface area contributed by atoms with Crippen LogP contribution in [0.15, 0.2) is 39.4 Å². The SMILES string of the molecule is Cc1occc1-c1nc2c(C(=O)O)cccc2o1. The number of carbonyl (C=O) groups is 1. The fourth-order valence-corrected chi connectivity index (χ4v) is 1.84. The molecule has 0 saturated heterocycles. The van der Waals surface area contributed by atoms with Crippen LogP contribution in [0.3, 0.4) is 0 Å². The molecule has 2 heterocycles. The molecule has 0 spiro atoms. The van der Waals surface area contributed by atoms with Gasteiger partial charge >= 0.3 is 5.97 Å². The quantitative estimate of drug-likeness (QED) is 0.748. The third-order valence-electron chi connectivity index (χ3n) is 2.74. The summed E-state index contributed by atoms with van der Waals surface area (Å²) in [7, 11) is 0. The van der Waals surface area contributed by atoms with Crippen molar-refractivity contribution in [2.45, 2.75) is 6.92 Å². The van der Waals surface area contributed by atoms with E-state index in [1.54, 1.807) is 25.1 Å². The van der Waals surface area contributed by atoms with Crippen molar-refractivity contribution in [2.24, 2.45) is 0 Å². The molecule has 0 aliphatic carbocycles. The predicted molar refractivity (Wildman–Crippen MR) is 63.4 cm³/mol. The van der Waals surface area contributed by atoms with Crippen molar-refractivity contribution in [3.63, 3.8) is 0 Å². The van der Waals surface area contributed by atoms with Crippen molar-refractivity contribution < 1.29 is 18.7 Å². The molecule has 0 fully saturated rings. The van der Waals surface area contributed by atoms with E-state index in [9.17, 15) is 4.79 Å². The summed E-state index contributed by atoms with van der Waals surface area (Å²) in [6.07, 6.45) is 1.54. The van der Waals surface area contributed by atoms with Gasteiger partial charge in [-0.05, 0) is 25.1 Å². The first-order chi connectivity index (χ1) is 8.66. The third kappa shape index (κ3) is 1.48. The van der Waals surface area contributed by atoms with Crippen LogP contribution in [-0.4, -0.2) is 16.1 Å². The van der Waals surface area contributed by atoms with E-state index in [1.807, 2.05) is 0 Å². The lowest BCUT2D eigenvalue weighted by Gasteiger charge is -1.92. The molecule has 1 aromatic carbocycles. The number of carboxylic acid groups (broad SMARTS) is 1. The fraction of sp³-hybridized carbons (Fsp3) is 0.0769. The number of benzene rings is 1. The van der Waals surface area contributed by atoms with Crippen molar-refractivity contribution >= 4 is 17.1 Å². The number of para-hydroxylation sites is 1. The van der Waals surface area contributed by atoms with Gasteiger partial charge in [-0.1, -0.05) is 6.07 Å². The molecule has 0 bridgehead atoms. The van der Waals surface area contributed by atoms with Crippen LogP contribution in [0, 0.1) is 6.92 Å². The number of carboxylic acids is 1. The first-order valence-electron chi connectivity index (χ1n) is 5.34. The van der Waals surface area contributed by atoms with Crippen molar-refractivity contribution in [3.05, 3.63) is 41.9 Å². The molecule has 18 heavy (non-hydrogen) atoms. The number of aryl methyl sites for hydroxylation is 1. The highest BCUT2D eigenvalue weighted by Crippen LogP contribution is 2.28. The van der Waals surface area contributed by atoms with Crippen LogP contribution in [0.4, 0.5) is 0 Å². The Kier molecular flexibility index (Phi) is 2.19. The first kappa shape index (κ1) is 10.6. The van der Waals surface area contributed by atoms with E-state index in [0.29, 0.717) is 22.8 Å². The van der Waals surface area contributed by atoms with Gasteiger partial charge in [-0.2, -0.15) is 0 Å². The summed E-state index contributed by atoms with van der Waals surface area (Å²) in [5.74, 6) is 0.0211. The Balaban J connectivity index is 2.26. The zero-order valence-corrected chi connectivity index (χ0v) is 9.51. The lowest BCUT2D eigenvalue weighted by molar-refractivity contribution is 0.0699. The average molecular weight is 243 g/mol. The Morgan fingerprint density at radius 3 is 2.83 bits per heavy atom. The summed E-state index contributed by atoms with van der Waals surface area (Å²) < 4.78 is 10.7. The van der Waals surface area contributed by atoms with Crippen LogP contribution in [0.5, 0.6) is 0 Å². The van der Waals surface area contributed by atoms with E-state index in [0.717, 1.165) is 5.56 Å². The van der Waals surface area contributed by atoms with Gasteiger partial charge in [0.25, 0.3) is 0 Å². The first-order valence-corrected chi connectivity index (χ1v) is 5.34. The van der Waals surface area contributed by atoms with Crippen molar-refractivity contribution in [1.82, 2.24) is 4.98 Å². The molecule has 0 unspecified atom stereocenters. The van der Waals surface area contributed by atoms with Gasteiger partial charge in [0.2, 0.25) is 5.89 Å². The van der Waals surface area contributed by atoms with E-state index >= 15 is 0 Å². The highest BCUT2D eigenvalue weighted by molar-refractivity contribution is 6.00. The number of aromatic nitrogens is 1. The molecule has 1 N–H and O–H groups in total. The zero-order chi connectivity index (χ0) is 12.7. The summed E-state index contributed by atoms with van der Waals surface area (Å²) in [5.41, 5.74) is 1.65. The van der Waals surface area contributed by atoms with Gasteiger partial charge in [0.1, 0.15) is 11.3 Å². The number of hydrogen-bond donors (Lipinski definition) is 1. The van der Waals surface area contributed by atoms with Crippen LogP contribution in [-0.2, 0) is 0 Å². The minimum atomic E-state index is -1.02. The molecular weight excluding hydrogens is 234 g/mol. The highest BCUT2D eigenvalue weighted by atomic mass is 16.4. The molecule has 3 rings (SSSR count). The number of nitrogens with zero attached hydrogens (tertiary/aromatic N) is 1. The molecule has 0 aliphatic rings. The van der Waals surface area contributed by atoms with Crippen LogP contribution >= 0.6 is 0 Å². The number of aromatic carboxylic acids is 1. The van der Waals surface area contributed by atoms with Gasteiger partial charge in [-0.3, -0.25) is 0 Å². The normalized spacial score (nSPS) is 10.9. The summed E-state index contributed by atoms with van der Waals surface area (Å²) in [4.78, 5) is 15.3. The molecule has 2 aromatic heterocycles. The maximum atomic E-state index is 11.1. The Bertz CT molecular complexity index is 738. The maximum Gasteiger partial charge on any atom is 0.338 e. The summed E-state index contributed by atoms with van der Waals surface area (Å²) in [5, 5.41) is 9.08. The van der Waals surface area contributed by atoms with Gasteiger partial charge < -0.3 is 13.9 Å². The van der Waals surface area contributed by atoms with Gasteiger partial charge in [-0.15, -0.1) is 0 Å². The minimum Gasteiger partial charge on any atom is -0.478 e. The van der Waals surface area contributed by atoms with Crippen LogP contribution < -0.4 is 0 Å². The topological polar surface area (TPSA) is 76.5 Å². The summed E-state index contributed by atoms with van der Waals surface area (Å²) >= 11 is 0. The van der Waals surface area contributed by atoms with Gasteiger partial charge in [0, 0.05) is 0 Å². The summed E-state index contributed by atoms with van der Waals surface area (Å²) in [6, 6.07) is 6.55. The number of hydrogen-bond acceptors (Lipinski definition) is 4. The fourth-order valence-electron chi connectivity index (χ4n) is 1.84. The van der Waals surface area contributed by atoms with Gasteiger partial charge in [-0.25, -0.2) is 9.78 Å². The monoisotopic (exact) mass is 243 g/mol. The molecule has 5 heteroatoms. The zero-order valence-electron chi connectivity index (χ0n) is 9.51. The average Bonchev–Trinajstić information content (AvgIpc) is 2.92. The molecule has 0 radical (unpaired) electrons. The second-order valence-electron chi connectivity index (χ2n) is 3.87. The molecular formula is C13H9NO4. The van der Waals surface area contributed by atoms with Crippen molar-refractivity contribution in [3.8, 4) is 11.5 Å². The lowest BCUT2D eigenvalue weighted by Crippen LogP contribution is -1.96. The second kappa shape index (κ2) is 3.73. The van der Waals surface area contributed by atoms with E-state index in [1.165, 1.54) is 12.3 Å². The number of oxazole rings is 1. The molecule has 5 nitrogen and oxygen atoms in total. The molecule has 0 aliphatic heterocycles. The number of rotatable bonds is 2. The number of fused-ring (bicyclic) bond motifs is 1. The smallest absolute Gasteiger partial charge is 0.338 e. The van der Waals surface area contributed by atoms with Crippen LogP contribution in [0.1, 0.15) is 16.1 Å². The Morgan fingerprint density at radius 2 is 2.17 bits per heavy atom. The van der Waals surface area contributed by atoms with E-state index < -0.39 is 5.97 Å². The highest BCUT2D eigenvalue weighted by Gasteiger charge is 2.17. The molecule has 3 aromatic rings. The van der Waals surface area contributed by atoms with Gasteiger partial charge in [0.15, 0.2) is 5.58 Å². The molecule has 0 atom stereocenters. The van der Waals surface area contributed by atoms with Gasteiger partial charge in [0.05, 0.1) is 17.4 Å². The minimum absolute atomic E-state index is 0.128.